The number of primary amides is 1. The predicted octanol–water partition coefficient (Wildman–Crippen LogP) is 0.0325. The van der Waals surface area contributed by atoms with E-state index in [4.69, 9.17) is 5.73 Å². The van der Waals surface area contributed by atoms with Crippen molar-refractivity contribution in [2.75, 3.05) is 0 Å². The molecule has 6 nitrogen and oxygen atoms in total. The van der Waals surface area contributed by atoms with Crippen LogP contribution in [0.3, 0.4) is 0 Å². The van der Waals surface area contributed by atoms with E-state index in [-0.39, 0.29) is 5.56 Å². The van der Waals surface area contributed by atoms with Crippen LogP contribution in [0.15, 0.2) is 31.0 Å². The quantitative estimate of drug-likeness (QED) is 0.739. The molecule has 15 heavy (non-hydrogen) atoms. The van der Waals surface area contributed by atoms with Gasteiger partial charge in [0.25, 0.3) is 5.91 Å². The molecular weight excluding hydrogens is 194 g/mol. The van der Waals surface area contributed by atoms with Gasteiger partial charge in [0.1, 0.15) is 5.69 Å². The molecule has 1 amide bonds. The second-order valence-electron chi connectivity index (χ2n) is 2.75. The van der Waals surface area contributed by atoms with Gasteiger partial charge in [0.05, 0.1) is 11.8 Å². The van der Waals surface area contributed by atoms with Crippen LogP contribution in [0.5, 0.6) is 0 Å². The van der Waals surface area contributed by atoms with Crippen LogP contribution in [0, 0.1) is 0 Å². The number of hydrogen-bond acceptors (Lipinski definition) is 5. The third-order valence-electron chi connectivity index (χ3n) is 1.73. The van der Waals surface area contributed by atoms with E-state index in [1.807, 2.05) is 0 Å². The smallest absolute Gasteiger partial charge is 0.251 e. The highest BCUT2D eigenvalue weighted by molar-refractivity contribution is 5.92. The summed E-state index contributed by atoms with van der Waals surface area (Å²) in [6.45, 7) is 0. The van der Waals surface area contributed by atoms with E-state index in [1.54, 1.807) is 18.6 Å². The number of rotatable bonds is 2. The monoisotopic (exact) mass is 201 g/mol. The van der Waals surface area contributed by atoms with E-state index in [0.717, 1.165) is 0 Å². The molecule has 2 aromatic rings. The lowest BCUT2D eigenvalue weighted by molar-refractivity contribution is 0.0999. The molecule has 0 unspecified atom stereocenters. The molecule has 0 aliphatic rings. The Hall–Kier alpha value is -2.37. The minimum absolute atomic E-state index is 0.266. The summed E-state index contributed by atoms with van der Waals surface area (Å²) in [5.41, 5.74) is 5.87. The average molecular weight is 201 g/mol. The summed E-state index contributed by atoms with van der Waals surface area (Å²) in [5, 5.41) is 0. The Morgan fingerprint density at radius 2 is 1.80 bits per heavy atom. The van der Waals surface area contributed by atoms with Crippen molar-refractivity contribution < 1.29 is 4.79 Å². The average Bonchev–Trinajstić information content (AvgIpc) is 2.30. The van der Waals surface area contributed by atoms with E-state index in [0.29, 0.717) is 11.5 Å². The van der Waals surface area contributed by atoms with Crippen molar-refractivity contribution in [3.05, 3.63) is 36.5 Å². The van der Waals surface area contributed by atoms with Crippen molar-refractivity contribution in [1.29, 1.82) is 0 Å². The van der Waals surface area contributed by atoms with Gasteiger partial charge in [0.2, 0.25) is 0 Å². The van der Waals surface area contributed by atoms with E-state index >= 15 is 0 Å². The van der Waals surface area contributed by atoms with Gasteiger partial charge < -0.3 is 5.73 Å². The Morgan fingerprint density at radius 3 is 2.33 bits per heavy atom. The molecule has 0 saturated carbocycles. The van der Waals surface area contributed by atoms with E-state index in [2.05, 4.69) is 19.9 Å². The molecule has 0 radical (unpaired) electrons. The SMILES string of the molecule is NC(=O)c1cnc(-c2cnccn2)nc1. The molecule has 6 heteroatoms. The van der Waals surface area contributed by atoms with Crippen LogP contribution in [-0.4, -0.2) is 25.8 Å². The maximum atomic E-state index is 10.8. The first kappa shape index (κ1) is 9.20. The molecule has 0 aromatic carbocycles. The van der Waals surface area contributed by atoms with Crippen molar-refractivity contribution in [3.8, 4) is 11.5 Å². The summed E-state index contributed by atoms with van der Waals surface area (Å²) in [6, 6.07) is 0. The summed E-state index contributed by atoms with van der Waals surface area (Å²) in [4.78, 5) is 26.6. The minimum atomic E-state index is -0.555. The zero-order chi connectivity index (χ0) is 10.7. The van der Waals surface area contributed by atoms with Gasteiger partial charge in [-0.1, -0.05) is 0 Å². The molecule has 74 valence electrons. The molecule has 0 saturated heterocycles. The van der Waals surface area contributed by atoms with Crippen LogP contribution in [0.2, 0.25) is 0 Å². The van der Waals surface area contributed by atoms with Crippen molar-refractivity contribution in [2.45, 2.75) is 0 Å². The number of hydrogen-bond donors (Lipinski definition) is 1. The zero-order valence-electron chi connectivity index (χ0n) is 7.66. The van der Waals surface area contributed by atoms with Gasteiger partial charge in [0, 0.05) is 24.8 Å². The Morgan fingerprint density at radius 1 is 1.07 bits per heavy atom. The number of nitrogens with two attached hydrogens (primary N) is 1. The highest BCUT2D eigenvalue weighted by atomic mass is 16.1. The Bertz CT molecular complexity index is 468. The van der Waals surface area contributed by atoms with E-state index < -0.39 is 5.91 Å². The number of amides is 1. The lowest BCUT2D eigenvalue weighted by atomic mass is 10.3. The standard InChI is InChI=1S/C9H7N5O/c10-8(15)6-3-13-9(14-4-6)7-5-11-1-2-12-7/h1-5H,(H2,10,15). The first-order chi connectivity index (χ1) is 7.27. The summed E-state index contributed by atoms with van der Waals surface area (Å²) in [6.07, 6.45) is 7.36. The minimum Gasteiger partial charge on any atom is -0.366 e. The third-order valence-corrected chi connectivity index (χ3v) is 1.73. The molecule has 2 rings (SSSR count). The maximum absolute atomic E-state index is 10.8. The van der Waals surface area contributed by atoms with E-state index in [9.17, 15) is 4.79 Å². The summed E-state index contributed by atoms with van der Waals surface area (Å²) < 4.78 is 0. The van der Waals surface area contributed by atoms with Crippen LogP contribution < -0.4 is 5.73 Å². The number of carbonyl (C=O) groups is 1. The molecule has 2 aromatic heterocycles. The second kappa shape index (κ2) is 3.79. The van der Waals surface area contributed by atoms with Crippen molar-refractivity contribution in [1.82, 2.24) is 19.9 Å². The Balaban J connectivity index is 2.36. The fourth-order valence-electron chi connectivity index (χ4n) is 1.00. The zero-order valence-corrected chi connectivity index (χ0v) is 7.66. The third kappa shape index (κ3) is 1.93. The number of nitrogens with zero attached hydrogens (tertiary/aromatic N) is 4. The first-order valence-corrected chi connectivity index (χ1v) is 4.15. The fraction of sp³-hybridized carbons (Fsp3) is 0. The van der Waals surface area contributed by atoms with E-state index in [1.165, 1.54) is 12.4 Å². The Labute approximate surface area is 85.2 Å². The topological polar surface area (TPSA) is 94.7 Å². The van der Waals surface area contributed by atoms with Crippen molar-refractivity contribution in [3.63, 3.8) is 0 Å². The van der Waals surface area contributed by atoms with Crippen LogP contribution in [-0.2, 0) is 0 Å². The van der Waals surface area contributed by atoms with Crippen LogP contribution in [0.1, 0.15) is 10.4 Å². The highest BCUT2D eigenvalue weighted by Gasteiger charge is 2.04. The van der Waals surface area contributed by atoms with Crippen molar-refractivity contribution >= 4 is 5.91 Å². The molecule has 2 N–H and O–H groups in total. The van der Waals surface area contributed by atoms with Gasteiger partial charge in [-0.05, 0) is 0 Å². The molecule has 0 aliphatic carbocycles. The van der Waals surface area contributed by atoms with Crippen LogP contribution in [0.25, 0.3) is 11.5 Å². The van der Waals surface area contributed by atoms with Gasteiger partial charge in [0.15, 0.2) is 5.82 Å². The van der Waals surface area contributed by atoms with Crippen LogP contribution >= 0.6 is 0 Å². The molecule has 0 atom stereocenters. The molecule has 2 heterocycles. The second-order valence-corrected chi connectivity index (χ2v) is 2.75. The van der Waals surface area contributed by atoms with Gasteiger partial charge >= 0.3 is 0 Å². The summed E-state index contributed by atoms with van der Waals surface area (Å²) in [7, 11) is 0. The molecular formula is C9H7N5O. The number of aromatic nitrogens is 4. The molecule has 0 spiro atoms. The van der Waals surface area contributed by atoms with Gasteiger partial charge in [-0.25, -0.2) is 15.0 Å². The largest absolute Gasteiger partial charge is 0.366 e. The fourth-order valence-corrected chi connectivity index (χ4v) is 1.00. The normalized spacial score (nSPS) is 9.87. The highest BCUT2D eigenvalue weighted by Crippen LogP contribution is 2.08. The lowest BCUT2D eigenvalue weighted by Crippen LogP contribution is -2.11. The first-order valence-electron chi connectivity index (χ1n) is 4.15. The summed E-state index contributed by atoms with van der Waals surface area (Å²) in [5.74, 6) is -0.145. The van der Waals surface area contributed by atoms with Crippen molar-refractivity contribution in [2.24, 2.45) is 5.73 Å². The number of carbonyl (C=O) groups excluding carboxylic acids is 1. The predicted molar refractivity (Wildman–Crippen MR) is 51.6 cm³/mol. The molecule has 0 bridgehead atoms. The summed E-state index contributed by atoms with van der Waals surface area (Å²) >= 11 is 0. The molecule has 0 fully saturated rings. The van der Waals surface area contributed by atoms with Gasteiger partial charge in [-0.2, -0.15) is 0 Å². The lowest BCUT2D eigenvalue weighted by Gasteiger charge is -1.98. The Kier molecular flexibility index (Phi) is 2.32. The van der Waals surface area contributed by atoms with Crippen LogP contribution in [0.4, 0.5) is 0 Å². The molecule has 0 aliphatic heterocycles. The maximum Gasteiger partial charge on any atom is 0.251 e. The van der Waals surface area contributed by atoms with Gasteiger partial charge in [-0.15, -0.1) is 0 Å². The van der Waals surface area contributed by atoms with Gasteiger partial charge in [-0.3, -0.25) is 9.78 Å².